The lowest BCUT2D eigenvalue weighted by molar-refractivity contribution is 0.576. The van der Waals surface area contributed by atoms with Crippen molar-refractivity contribution in [2.24, 2.45) is 0 Å². The van der Waals surface area contributed by atoms with Crippen molar-refractivity contribution in [1.82, 2.24) is 9.36 Å². The van der Waals surface area contributed by atoms with E-state index in [2.05, 4.69) is 14.3 Å². The van der Waals surface area contributed by atoms with Crippen LogP contribution < -0.4 is 10.6 Å². The van der Waals surface area contributed by atoms with E-state index >= 15 is 0 Å². The Balaban J connectivity index is 1.93. The molecule has 2 saturated heterocycles. The SMILES string of the molecule is Nc1nsc(N2C3CCC2CC3)n1. The lowest BCUT2D eigenvalue weighted by atomic mass is 10.0. The van der Waals surface area contributed by atoms with Gasteiger partial charge < -0.3 is 10.6 Å². The summed E-state index contributed by atoms with van der Waals surface area (Å²) < 4.78 is 4.02. The average Bonchev–Trinajstić information content (AvgIpc) is 2.78. The molecular formula is C8H12N4S. The summed E-state index contributed by atoms with van der Waals surface area (Å²) in [6, 6.07) is 1.44. The van der Waals surface area contributed by atoms with Crippen molar-refractivity contribution < 1.29 is 0 Å². The summed E-state index contributed by atoms with van der Waals surface area (Å²) in [5.41, 5.74) is 5.52. The number of nitrogens with zero attached hydrogens (tertiary/aromatic N) is 3. The molecular weight excluding hydrogens is 184 g/mol. The van der Waals surface area contributed by atoms with E-state index in [9.17, 15) is 0 Å². The number of hydrogen-bond acceptors (Lipinski definition) is 5. The molecule has 2 bridgehead atoms. The second-order valence-corrected chi connectivity index (χ2v) is 4.54. The highest BCUT2D eigenvalue weighted by Crippen LogP contribution is 2.41. The van der Waals surface area contributed by atoms with Crippen molar-refractivity contribution in [2.45, 2.75) is 37.8 Å². The van der Waals surface area contributed by atoms with Crippen LogP contribution >= 0.6 is 11.5 Å². The van der Waals surface area contributed by atoms with Gasteiger partial charge in [0.05, 0.1) is 0 Å². The molecule has 1 aromatic rings. The zero-order chi connectivity index (χ0) is 8.84. The average molecular weight is 196 g/mol. The molecule has 0 saturated carbocycles. The van der Waals surface area contributed by atoms with Crippen LogP contribution in [0.2, 0.25) is 0 Å². The van der Waals surface area contributed by atoms with Crippen molar-refractivity contribution in [3.8, 4) is 0 Å². The summed E-state index contributed by atoms with van der Waals surface area (Å²) in [6.07, 6.45) is 5.29. The van der Waals surface area contributed by atoms with Gasteiger partial charge in [-0.1, -0.05) is 0 Å². The molecule has 5 heteroatoms. The molecule has 2 fully saturated rings. The predicted molar refractivity (Wildman–Crippen MR) is 52.8 cm³/mol. The first-order valence-electron chi connectivity index (χ1n) is 4.72. The van der Waals surface area contributed by atoms with Gasteiger partial charge in [0.15, 0.2) is 0 Å². The predicted octanol–water partition coefficient (Wildman–Crippen LogP) is 1.25. The quantitative estimate of drug-likeness (QED) is 0.734. The Kier molecular flexibility index (Phi) is 1.49. The fraction of sp³-hybridized carbons (Fsp3) is 0.750. The Morgan fingerprint density at radius 2 is 1.85 bits per heavy atom. The van der Waals surface area contributed by atoms with Crippen LogP contribution in [0.1, 0.15) is 25.7 Å². The molecule has 0 atom stereocenters. The molecule has 70 valence electrons. The maximum absolute atomic E-state index is 5.52. The molecule has 0 spiro atoms. The minimum Gasteiger partial charge on any atom is -0.367 e. The third-order valence-electron chi connectivity index (χ3n) is 3.10. The number of anilines is 2. The molecule has 3 heterocycles. The third-order valence-corrected chi connectivity index (χ3v) is 3.85. The highest BCUT2D eigenvalue weighted by molar-refractivity contribution is 7.09. The normalized spacial score (nSPS) is 31.5. The number of nitrogens with two attached hydrogens (primary N) is 1. The molecule has 0 aliphatic carbocycles. The second-order valence-electron chi connectivity index (χ2n) is 3.80. The van der Waals surface area contributed by atoms with Gasteiger partial charge in [-0.25, -0.2) is 0 Å². The van der Waals surface area contributed by atoms with Crippen LogP contribution in [-0.2, 0) is 0 Å². The van der Waals surface area contributed by atoms with E-state index in [-0.39, 0.29) is 0 Å². The molecule has 0 unspecified atom stereocenters. The van der Waals surface area contributed by atoms with Gasteiger partial charge >= 0.3 is 0 Å². The molecule has 0 aromatic carbocycles. The van der Waals surface area contributed by atoms with E-state index in [1.54, 1.807) is 0 Å². The Labute approximate surface area is 80.9 Å². The lowest BCUT2D eigenvalue weighted by Crippen LogP contribution is -2.27. The van der Waals surface area contributed by atoms with Gasteiger partial charge in [0.1, 0.15) is 0 Å². The Hall–Kier alpha value is -0.840. The molecule has 2 aliphatic heterocycles. The zero-order valence-corrected chi connectivity index (χ0v) is 8.13. The van der Waals surface area contributed by atoms with Crippen LogP contribution in [0.15, 0.2) is 0 Å². The van der Waals surface area contributed by atoms with E-state index < -0.39 is 0 Å². The molecule has 2 N–H and O–H groups in total. The van der Waals surface area contributed by atoms with Gasteiger partial charge in [0.25, 0.3) is 0 Å². The van der Waals surface area contributed by atoms with Crippen LogP contribution in [0.3, 0.4) is 0 Å². The maximum Gasteiger partial charge on any atom is 0.233 e. The fourth-order valence-electron chi connectivity index (χ4n) is 2.56. The monoisotopic (exact) mass is 196 g/mol. The van der Waals surface area contributed by atoms with Crippen molar-refractivity contribution in [3.63, 3.8) is 0 Å². The largest absolute Gasteiger partial charge is 0.367 e. The molecule has 3 rings (SSSR count). The van der Waals surface area contributed by atoms with Gasteiger partial charge in [0.2, 0.25) is 11.1 Å². The van der Waals surface area contributed by atoms with Crippen molar-refractivity contribution >= 4 is 22.6 Å². The first-order valence-corrected chi connectivity index (χ1v) is 5.49. The first-order chi connectivity index (χ1) is 6.34. The molecule has 0 amide bonds. The van der Waals surface area contributed by atoms with Crippen LogP contribution in [0.5, 0.6) is 0 Å². The minimum absolute atomic E-state index is 0.423. The van der Waals surface area contributed by atoms with E-state index in [1.165, 1.54) is 37.2 Å². The van der Waals surface area contributed by atoms with E-state index in [0.29, 0.717) is 5.95 Å². The summed E-state index contributed by atoms with van der Waals surface area (Å²) in [5.74, 6) is 0.423. The van der Waals surface area contributed by atoms with E-state index in [4.69, 9.17) is 5.73 Å². The highest BCUT2D eigenvalue weighted by Gasteiger charge is 2.40. The van der Waals surface area contributed by atoms with Gasteiger partial charge in [-0.3, -0.25) is 0 Å². The second kappa shape index (κ2) is 2.57. The van der Waals surface area contributed by atoms with Gasteiger partial charge in [-0.05, 0) is 25.7 Å². The highest BCUT2D eigenvalue weighted by atomic mass is 32.1. The summed E-state index contributed by atoms with van der Waals surface area (Å²) >= 11 is 1.43. The van der Waals surface area contributed by atoms with Gasteiger partial charge in [0, 0.05) is 23.6 Å². The van der Waals surface area contributed by atoms with Crippen molar-refractivity contribution in [2.75, 3.05) is 10.6 Å². The summed E-state index contributed by atoms with van der Waals surface area (Å²) in [7, 11) is 0. The van der Waals surface area contributed by atoms with Crippen LogP contribution in [0, 0.1) is 0 Å². The van der Waals surface area contributed by atoms with Gasteiger partial charge in [-0.2, -0.15) is 9.36 Å². The summed E-state index contributed by atoms with van der Waals surface area (Å²) in [6.45, 7) is 0. The van der Waals surface area contributed by atoms with Crippen LogP contribution in [0.25, 0.3) is 0 Å². The van der Waals surface area contributed by atoms with Crippen molar-refractivity contribution in [1.29, 1.82) is 0 Å². The lowest BCUT2D eigenvalue weighted by Gasteiger charge is -2.19. The zero-order valence-electron chi connectivity index (χ0n) is 7.31. The molecule has 1 aromatic heterocycles. The standard InChI is InChI=1S/C8H12N4S/c9-7-10-8(13-11-7)12-5-1-2-6(12)4-3-5/h5-6H,1-4H2,(H2,9,11). The molecule has 2 aliphatic rings. The third kappa shape index (κ3) is 1.03. The molecule has 13 heavy (non-hydrogen) atoms. The summed E-state index contributed by atoms with van der Waals surface area (Å²) in [4.78, 5) is 6.67. The number of fused-ring (bicyclic) bond motifs is 2. The van der Waals surface area contributed by atoms with Crippen LogP contribution in [-0.4, -0.2) is 21.4 Å². The number of rotatable bonds is 1. The smallest absolute Gasteiger partial charge is 0.233 e. The Morgan fingerprint density at radius 1 is 1.23 bits per heavy atom. The molecule has 0 radical (unpaired) electrons. The number of hydrogen-bond donors (Lipinski definition) is 1. The number of aromatic nitrogens is 2. The maximum atomic E-state index is 5.52. The Bertz CT molecular complexity index is 304. The van der Waals surface area contributed by atoms with Crippen molar-refractivity contribution in [3.05, 3.63) is 0 Å². The first kappa shape index (κ1) is 7.55. The van der Waals surface area contributed by atoms with E-state index in [0.717, 1.165) is 17.2 Å². The van der Waals surface area contributed by atoms with Crippen LogP contribution in [0.4, 0.5) is 11.1 Å². The topological polar surface area (TPSA) is 55.0 Å². The van der Waals surface area contributed by atoms with Gasteiger partial charge in [-0.15, -0.1) is 0 Å². The Morgan fingerprint density at radius 3 is 2.31 bits per heavy atom. The molecule has 4 nitrogen and oxygen atoms in total. The minimum atomic E-state index is 0.423. The van der Waals surface area contributed by atoms with E-state index in [1.807, 2.05) is 0 Å². The summed E-state index contributed by atoms with van der Waals surface area (Å²) in [5, 5.41) is 1.03. The fourth-order valence-corrected chi connectivity index (χ4v) is 3.30. The number of nitrogen functional groups attached to an aromatic ring is 1.